The highest BCUT2D eigenvalue weighted by atomic mass is 79.9. The van der Waals surface area contributed by atoms with Gasteiger partial charge in [-0.25, -0.2) is 4.79 Å². The number of aromatic amines is 1. The van der Waals surface area contributed by atoms with E-state index in [2.05, 4.69) is 26.2 Å². The van der Waals surface area contributed by atoms with Crippen LogP contribution >= 0.6 is 15.9 Å². The summed E-state index contributed by atoms with van der Waals surface area (Å²) in [6.07, 6.45) is 1.57. The number of H-pyrrole nitrogens is 1. The molecule has 1 aliphatic rings. The van der Waals surface area contributed by atoms with Crippen molar-refractivity contribution in [3.8, 4) is 5.75 Å². The monoisotopic (exact) mass is 377 g/mol. The van der Waals surface area contributed by atoms with E-state index in [0.717, 1.165) is 15.8 Å². The van der Waals surface area contributed by atoms with Gasteiger partial charge in [-0.2, -0.15) is 0 Å². The second-order valence-corrected chi connectivity index (χ2v) is 6.12. The highest BCUT2D eigenvalue weighted by Gasteiger charge is 2.19. The minimum Gasteiger partial charge on any atom is -0.491 e. The van der Waals surface area contributed by atoms with E-state index in [9.17, 15) is 9.59 Å². The SMILES string of the molecule is O=C(NCc1cc(Br)c[nH]c1=O)N1CCOc2ccccc2C1. The Morgan fingerprint density at radius 2 is 2.22 bits per heavy atom. The maximum atomic E-state index is 12.4. The molecule has 7 heteroatoms. The van der Waals surface area contributed by atoms with Crippen LogP contribution in [0.1, 0.15) is 11.1 Å². The van der Waals surface area contributed by atoms with Gasteiger partial charge in [-0.3, -0.25) is 4.79 Å². The van der Waals surface area contributed by atoms with E-state index < -0.39 is 0 Å². The Kier molecular flexibility index (Phi) is 4.66. The van der Waals surface area contributed by atoms with E-state index >= 15 is 0 Å². The summed E-state index contributed by atoms with van der Waals surface area (Å²) >= 11 is 3.30. The number of ether oxygens (including phenoxy) is 1. The molecule has 0 aliphatic carbocycles. The Balaban J connectivity index is 1.66. The number of fused-ring (bicyclic) bond motifs is 1. The molecule has 1 aromatic heterocycles. The van der Waals surface area contributed by atoms with Crippen LogP contribution in [0.15, 0.2) is 45.8 Å². The second-order valence-electron chi connectivity index (χ2n) is 5.21. The maximum Gasteiger partial charge on any atom is 0.318 e. The van der Waals surface area contributed by atoms with E-state index in [-0.39, 0.29) is 18.1 Å². The molecule has 0 saturated carbocycles. The topological polar surface area (TPSA) is 74.4 Å². The van der Waals surface area contributed by atoms with Crippen molar-refractivity contribution in [2.45, 2.75) is 13.1 Å². The van der Waals surface area contributed by atoms with Crippen molar-refractivity contribution in [2.24, 2.45) is 0 Å². The Bertz CT molecular complexity index is 775. The van der Waals surface area contributed by atoms with Gasteiger partial charge in [0.1, 0.15) is 12.4 Å². The summed E-state index contributed by atoms with van der Waals surface area (Å²) in [5.41, 5.74) is 1.26. The van der Waals surface area contributed by atoms with Crippen molar-refractivity contribution in [1.29, 1.82) is 0 Å². The van der Waals surface area contributed by atoms with E-state index in [4.69, 9.17) is 4.74 Å². The van der Waals surface area contributed by atoms with E-state index in [1.165, 1.54) is 0 Å². The number of halogens is 1. The quantitative estimate of drug-likeness (QED) is 0.842. The lowest BCUT2D eigenvalue weighted by Gasteiger charge is -2.20. The van der Waals surface area contributed by atoms with Crippen LogP contribution < -0.4 is 15.6 Å². The maximum absolute atomic E-state index is 12.4. The van der Waals surface area contributed by atoms with Gasteiger partial charge in [0.25, 0.3) is 5.56 Å². The van der Waals surface area contributed by atoms with Gasteiger partial charge in [-0.05, 0) is 28.1 Å². The van der Waals surface area contributed by atoms with Gasteiger partial charge in [0.05, 0.1) is 19.6 Å². The Labute approximate surface area is 141 Å². The minimum atomic E-state index is -0.218. The molecule has 2 heterocycles. The zero-order valence-electron chi connectivity index (χ0n) is 12.3. The number of rotatable bonds is 2. The van der Waals surface area contributed by atoms with Crippen LogP contribution in [0.2, 0.25) is 0 Å². The first kappa shape index (κ1) is 15.6. The molecule has 0 bridgehead atoms. The fraction of sp³-hybridized carbons (Fsp3) is 0.250. The predicted molar refractivity (Wildman–Crippen MR) is 89.3 cm³/mol. The summed E-state index contributed by atoms with van der Waals surface area (Å²) < 4.78 is 6.41. The van der Waals surface area contributed by atoms with Crippen molar-refractivity contribution >= 4 is 22.0 Å². The first-order chi connectivity index (χ1) is 11.1. The Morgan fingerprint density at radius 3 is 3.09 bits per heavy atom. The average molecular weight is 378 g/mol. The lowest BCUT2D eigenvalue weighted by atomic mass is 10.2. The van der Waals surface area contributed by atoms with Gasteiger partial charge >= 0.3 is 6.03 Å². The number of pyridine rings is 1. The summed E-state index contributed by atoms with van der Waals surface area (Å²) in [4.78, 5) is 28.4. The number of nitrogens with zero attached hydrogens (tertiary/aromatic N) is 1. The van der Waals surface area contributed by atoms with Crippen molar-refractivity contribution in [3.63, 3.8) is 0 Å². The van der Waals surface area contributed by atoms with Gasteiger partial charge in [0, 0.05) is 21.8 Å². The third kappa shape index (κ3) is 3.73. The largest absolute Gasteiger partial charge is 0.491 e. The summed E-state index contributed by atoms with van der Waals surface area (Å²) in [6.45, 7) is 1.60. The normalized spacial score (nSPS) is 13.7. The number of para-hydroxylation sites is 1. The molecule has 0 saturated heterocycles. The number of aromatic nitrogens is 1. The van der Waals surface area contributed by atoms with Crippen molar-refractivity contribution in [2.75, 3.05) is 13.2 Å². The summed E-state index contributed by atoms with van der Waals surface area (Å²) in [7, 11) is 0. The molecule has 23 heavy (non-hydrogen) atoms. The van der Waals surface area contributed by atoms with Crippen LogP contribution in [0.3, 0.4) is 0 Å². The molecule has 2 aromatic rings. The molecule has 0 spiro atoms. The van der Waals surface area contributed by atoms with Gasteiger partial charge < -0.3 is 19.9 Å². The molecular weight excluding hydrogens is 362 g/mol. The number of benzene rings is 1. The first-order valence-electron chi connectivity index (χ1n) is 7.24. The van der Waals surface area contributed by atoms with E-state index in [1.807, 2.05) is 24.3 Å². The number of amides is 2. The molecule has 1 aromatic carbocycles. The van der Waals surface area contributed by atoms with Crippen molar-refractivity contribution in [3.05, 3.63) is 62.5 Å². The summed E-state index contributed by atoms with van der Waals surface area (Å²) in [5.74, 6) is 0.811. The van der Waals surface area contributed by atoms with E-state index in [0.29, 0.717) is 25.3 Å². The van der Waals surface area contributed by atoms with Crippen LogP contribution in [0.25, 0.3) is 0 Å². The van der Waals surface area contributed by atoms with Crippen LogP contribution in [0, 0.1) is 0 Å². The lowest BCUT2D eigenvalue weighted by Crippen LogP contribution is -2.41. The van der Waals surface area contributed by atoms with Crippen LogP contribution in [0.4, 0.5) is 4.79 Å². The number of nitrogens with one attached hydrogen (secondary N) is 2. The molecule has 2 amide bonds. The average Bonchev–Trinajstić information content (AvgIpc) is 2.77. The van der Waals surface area contributed by atoms with Gasteiger partial charge in [-0.15, -0.1) is 0 Å². The molecule has 1 aliphatic heterocycles. The third-order valence-electron chi connectivity index (χ3n) is 3.61. The number of hydrogen-bond donors (Lipinski definition) is 2. The van der Waals surface area contributed by atoms with Gasteiger partial charge in [0.15, 0.2) is 0 Å². The van der Waals surface area contributed by atoms with E-state index in [1.54, 1.807) is 17.2 Å². The fourth-order valence-electron chi connectivity index (χ4n) is 2.41. The molecule has 0 unspecified atom stereocenters. The molecule has 6 nitrogen and oxygen atoms in total. The van der Waals surface area contributed by atoms with Crippen LogP contribution in [-0.2, 0) is 13.1 Å². The third-order valence-corrected chi connectivity index (χ3v) is 4.07. The van der Waals surface area contributed by atoms with Crippen LogP contribution in [-0.4, -0.2) is 29.1 Å². The number of carbonyl (C=O) groups excluding carboxylic acids is 1. The first-order valence-corrected chi connectivity index (χ1v) is 8.03. The fourth-order valence-corrected chi connectivity index (χ4v) is 2.80. The number of urea groups is 1. The van der Waals surface area contributed by atoms with Crippen molar-refractivity contribution in [1.82, 2.24) is 15.2 Å². The van der Waals surface area contributed by atoms with Crippen molar-refractivity contribution < 1.29 is 9.53 Å². The molecule has 0 fully saturated rings. The molecule has 0 atom stereocenters. The highest BCUT2D eigenvalue weighted by Crippen LogP contribution is 2.22. The smallest absolute Gasteiger partial charge is 0.318 e. The molecule has 120 valence electrons. The zero-order chi connectivity index (χ0) is 16.2. The molecular formula is C16H16BrN3O3. The van der Waals surface area contributed by atoms with Gasteiger partial charge in [-0.1, -0.05) is 18.2 Å². The standard InChI is InChI=1S/C16H16BrN3O3/c17-13-7-12(15(21)18-9-13)8-19-16(22)20-5-6-23-14-4-2-1-3-11(14)10-20/h1-4,7,9H,5-6,8,10H2,(H,18,21)(H,19,22). The Morgan fingerprint density at radius 1 is 1.39 bits per heavy atom. The van der Waals surface area contributed by atoms with Crippen LogP contribution in [0.5, 0.6) is 5.75 Å². The number of hydrogen-bond acceptors (Lipinski definition) is 3. The Hall–Kier alpha value is -2.28. The highest BCUT2D eigenvalue weighted by molar-refractivity contribution is 9.10. The molecule has 2 N–H and O–H groups in total. The molecule has 0 radical (unpaired) electrons. The summed E-state index contributed by atoms with van der Waals surface area (Å²) in [6, 6.07) is 9.15. The molecule has 3 rings (SSSR count). The van der Waals surface area contributed by atoms with Gasteiger partial charge in [0.2, 0.25) is 0 Å². The lowest BCUT2D eigenvalue weighted by molar-refractivity contribution is 0.187. The second kappa shape index (κ2) is 6.87. The predicted octanol–water partition coefficient (Wildman–Crippen LogP) is 2.24. The zero-order valence-corrected chi connectivity index (χ0v) is 13.9. The summed E-state index contributed by atoms with van der Waals surface area (Å²) in [5, 5.41) is 2.79. The number of carbonyl (C=O) groups is 1. The minimum absolute atomic E-state index is 0.173.